The van der Waals surface area contributed by atoms with Gasteiger partial charge in [0.25, 0.3) is 5.56 Å². The lowest BCUT2D eigenvalue weighted by Crippen LogP contribution is -2.21. The monoisotopic (exact) mass is 278 g/mol. The van der Waals surface area contributed by atoms with Crippen molar-refractivity contribution in [2.45, 2.75) is 6.92 Å². The first-order valence-corrected chi connectivity index (χ1v) is 5.87. The van der Waals surface area contributed by atoms with Crippen molar-refractivity contribution < 1.29 is 0 Å². The van der Waals surface area contributed by atoms with Gasteiger partial charge in [0.15, 0.2) is 0 Å². The molecule has 0 fully saturated rings. The second kappa shape index (κ2) is 4.85. The van der Waals surface area contributed by atoms with Crippen LogP contribution in [0.25, 0.3) is 5.69 Å². The van der Waals surface area contributed by atoms with Crippen molar-refractivity contribution >= 4 is 23.2 Å². The summed E-state index contributed by atoms with van der Waals surface area (Å²) in [6.45, 7) is 1.72. The van der Waals surface area contributed by atoms with Crippen molar-refractivity contribution in [2.75, 3.05) is 0 Å². The number of pyridine rings is 1. The van der Waals surface area contributed by atoms with Gasteiger partial charge in [-0.15, -0.1) is 0 Å². The Bertz CT molecular complexity index is 694. The third-order valence-electron chi connectivity index (χ3n) is 2.54. The maximum absolute atomic E-state index is 12.1. The van der Waals surface area contributed by atoms with Gasteiger partial charge in [-0.3, -0.25) is 9.36 Å². The standard InChI is InChI=1S/C13H8Cl2N2O/c1-8-2-3-17(13(18)12(8)7-16)11-5-9(14)4-10(15)6-11/h2-6H,1H3. The molecule has 0 aliphatic rings. The van der Waals surface area contributed by atoms with Crippen molar-refractivity contribution in [1.29, 1.82) is 5.26 Å². The van der Waals surface area contributed by atoms with Crippen LogP contribution in [0.2, 0.25) is 10.0 Å². The molecule has 2 aromatic rings. The Labute approximate surface area is 114 Å². The molecule has 5 heteroatoms. The number of rotatable bonds is 1. The van der Waals surface area contributed by atoms with Gasteiger partial charge in [0, 0.05) is 16.2 Å². The molecule has 0 N–H and O–H groups in total. The average molecular weight is 279 g/mol. The molecule has 18 heavy (non-hydrogen) atoms. The fourth-order valence-electron chi connectivity index (χ4n) is 1.64. The number of nitrogens with zero attached hydrogens (tertiary/aromatic N) is 2. The highest BCUT2D eigenvalue weighted by Gasteiger charge is 2.08. The molecule has 1 aromatic carbocycles. The number of aromatic nitrogens is 1. The molecule has 0 unspecified atom stereocenters. The fourth-order valence-corrected chi connectivity index (χ4v) is 2.16. The summed E-state index contributed by atoms with van der Waals surface area (Å²) in [4.78, 5) is 12.1. The maximum atomic E-state index is 12.1. The molecule has 90 valence electrons. The molecule has 0 saturated carbocycles. The van der Waals surface area contributed by atoms with Crippen molar-refractivity contribution in [3.8, 4) is 11.8 Å². The molecule has 2 rings (SSSR count). The summed E-state index contributed by atoms with van der Waals surface area (Å²) in [5, 5.41) is 9.83. The molecule has 1 heterocycles. The molecule has 0 aliphatic carbocycles. The zero-order valence-corrected chi connectivity index (χ0v) is 11.0. The van der Waals surface area contributed by atoms with Crippen LogP contribution in [-0.4, -0.2) is 4.57 Å². The molecule has 0 aliphatic heterocycles. The Kier molecular flexibility index (Phi) is 3.42. The minimum atomic E-state index is -0.379. The van der Waals surface area contributed by atoms with Crippen LogP contribution in [0.3, 0.4) is 0 Å². The highest BCUT2D eigenvalue weighted by Crippen LogP contribution is 2.21. The van der Waals surface area contributed by atoms with E-state index in [1.807, 2.05) is 6.07 Å². The molecule has 0 amide bonds. The van der Waals surface area contributed by atoms with Crippen molar-refractivity contribution in [2.24, 2.45) is 0 Å². The predicted molar refractivity (Wildman–Crippen MR) is 71.5 cm³/mol. The van der Waals surface area contributed by atoms with Crippen molar-refractivity contribution in [1.82, 2.24) is 4.57 Å². The van der Waals surface area contributed by atoms with E-state index in [1.54, 1.807) is 37.4 Å². The second-order valence-electron chi connectivity index (χ2n) is 3.79. The second-order valence-corrected chi connectivity index (χ2v) is 4.66. The van der Waals surface area contributed by atoms with Crippen LogP contribution in [-0.2, 0) is 0 Å². The van der Waals surface area contributed by atoms with Gasteiger partial charge in [-0.25, -0.2) is 0 Å². The lowest BCUT2D eigenvalue weighted by atomic mass is 10.1. The Morgan fingerprint density at radius 2 is 1.83 bits per heavy atom. The van der Waals surface area contributed by atoms with Crippen LogP contribution in [0.15, 0.2) is 35.3 Å². The first-order valence-electron chi connectivity index (χ1n) is 5.12. The highest BCUT2D eigenvalue weighted by atomic mass is 35.5. The lowest BCUT2D eigenvalue weighted by molar-refractivity contribution is 0.973. The van der Waals surface area contributed by atoms with E-state index >= 15 is 0 Å². The van der Waals surface area contributed by atoms with Gasteiger partial charge < -0.3 is 0 Å². The number of aryl methyl sites for hydroxylation is 1. The maximum Gasteiger partial charge on any atom is 0.273 e. The number of nitriles is 1. The Morgan fingerprint density at radius 1 is 1.22 bits per heavy atom. The molecule has 1 aromatic heterocycles. The molecule has 0 atom stereocenters. The summed E-state index contributed by atoms with van der Waals surface area (Å²) < 4.78 is 1.35. The van der Waals surface area contributed by atoms with E-state index in [4.69, 9.17) is 28.5 Å². The Morgan fingerprint density at radius 3 is 2.39 bits per heavy atom. The van der Waals surface area contributed by atoms with E-state index in [1.165, 1.54) is 4.57 Å². The predicted octanol–water partition coefficient (Wildman–Crippen LogP) is 3.32. The lowest BCUT2D eigenvalue weighted by Gasteiger charge is -2.08. The topological polar surface area (TPSA) is 45.8 Å². The quantitative estimate of drug-likeness (QED) is 0.803. The van der Waals surface area contributed by atoms with E-state index in [2.05, 4.69) is 0 Å². The third-order valence-corrected chi connectivity index (χ3v) is 2.97. The van der Waals surface area contributed by atoms with Gasteiger partial charge in [-0.1, -0.05) is 23.2 Å². The van der Waals surface area contributed by atoms with Crippen LogP contribution in [0.4, 0.5) is 0 Å². The Hall–Kier alpha value is -1.76. The summed E-state index contributed by atoms with van der Waals surface area (Å²) in [7, 11) is 0. The van der Waals surface area contributed by atoms with Crippen LogP contribution in [0.1, 0.15) is 11.1 Å². The van der Waals surface area contributed by atoms with E-state index < -0.39 is 0 Å². The minimum Gasteiger partial charge on any atom is -0.283 e. The first-order chi connectivity index (χ1) is 8.52. The van der Waals surface area contributed by atoms with Gasteiger partial charge in [0.2, 0.25) is 0 Å². The molecule has 0 saturated heterocycles. The van der Waals surface area contributed by atoms with E-state index in [9.17, 15) is 4.79 Å². The summed E-state index contributed by atoms with van der Waals surface area (Å²) in [6, 6.07) is 8.42. The number of hydrogen-bond donors (Lipinski definition) is 0. The van der Waals surface area contributed by atoms with Crippen LogP contribution in [0, 0.1) is 18.3 Å². The number of halogens is 2. The minimum absolute atomic E-state index is 0.119. The number of hydrogen-bond acceptors (Lipinski definition) is 2. The smallest absolute Gasteiger partial charge is 0.273 e. The van der Waals surface area contributed by atoms with Gasteiger partial charge >= 0.3 is 0 Å². The number of benzene rings is 1. The van der Waals surface area contributed by atoms with Crippen molar-refractivity contribution in [3.05, 3.63) is 62.0 Å². The van der Waals surface area contributed by atoms with Gasteiger partial charge in [0.05, 0.1) is 5.69 Å². The van der Waals surface area contributed by atoms with Crippen LogP contribution >= 0.6 is 23.2 Å². The first kappa shape index (κ1) is 12.7. The summed E-state index contributed by atoms with van der Waals surface area (Å²) in [5.41, 5.74) is 0.922. The highest BCUT2D eigenvalue weighted by molar-refractivity contribution is 6.34. The average Bonchev–Trinajstić information content (AvgIpc) is 2.28. The van der Waals surface area contributed by atoms with Gasteiger partial charge in [-0.2, -0.15) is 5.26 Å². The fraction of sp³-hybridized carbons (Fsp3) is 0.0769. The molecule has 3 nitrogen and oxygen atoms in total. The molecule has 0 bridgehead atoms. The van der Waals surface area contributed by atoms with Gasteiger partial charge in [-0.05, 0) is 36.8 Å². The van der Waals surface area contributed by atoms with E-state index in [-0.39, 0.29) is 11.1 Å². The summed E-state index contributed by atoms with van der Waals surface area (Å²) in [5.74, 6) is 0. The Balaban J connectivity index is 2.73. The molecule has 0 spiro atoms. The summed E-state index contributed by atoms with van der Waals surface area (Å²) in [6.07, 6.45) is 1.60. The van der Waals surface area contributed by atoms with Crippen LogP contribution < -0.4 is 5.56 Å². The SMILES string of the molecule is Cc1ccn(-c2cc(Cl)cc(Cl)c2)c(=O)c1C#N. The van der Waals surface area contributed by atoms with Crippen LogP contribution in [0.5, 0.6) is 0 Å². The largest absolute Gasteiger partial charge is 0.283 e. The molecular weight excluding hydrogens is 271 g/mol. The zero-order chi connectivity index (χ0) is 13.3. The van der Waals surface area contributed by atoms with E-state index in [0.717, 1.165) is 0 Å². The normalized spacial score (nSPS) is 10.1. The third kappa shape index (κ3) is 2.26. The summed E-state index contributed by atoms with van der Waals surface area (Å²) >= 11 is 11.8. The zero-order valence-electron chi connectivity index (χ0n) is 9.45. The van der Waals surface area contributed by atoms with E-state index in [0.29, 0.717) is 21.3 Å². The molecule has 0 radical (unpaired) electrons. The molecular formula is C13H8Cl2N2O. The van der Waals surface area contributed by atoms with Gasteiger partial charge in [0.1, 0.15) is 11.6 Å². The van der Waals surface area contributed by atoms with Crippen molar-refractivity contribution in [3.63, 3.8) is 0 Å².